The minimum absolute atomic E-state index is 0.252. The van der Waals surface area contributed by atoms with E-state index in [2.05, 4.69) is 15.9 Å². The topological polar surface area (TPSA) is 20.2 Å². The fourth-order valence-electron chi connectivity index (χ4n) is 1.60. The number of rotatable bonds is 2. The predicted octanol–water partition coefficient (Wildman–Crippen LogP) is 3.20. The van der Waals surface area contributed by atoms with Crippen LogP contribution in [0.3, 0.4) is 0 Å². The van der Waals surface area contributed by atoms with Crippen LogP contribution in [0.25, 0.3) is 0 Å². The minimum Gasteiger partial charge on any atom is -0.388 e. The molecule has 70 valence electrons. The number of hydrogen-bond donors (Lipinski definition) is 1. The molecule has 1 N–H and O–H groups in total. The quantitative estimate of drug-likeness (QED) is 0.842. The Balaban J connectivity index is 2.31. The average molecular weight is 241 g/mol. The Morgan fingerprint density at radius 1 is 1.46 bits per heavy atom. The molecular weight excluding hydrogens is 228 g/mol. The van der Waals surface area contributed by atoms with Crippen LogP contribution in [0.5, 0.6) is 0 Å². The maximum absolute atomic E-state index is 9.94. The van der Waals surface area contributed by atoms with Gasteiger partial charge in [-0.25, -0.2) is 0 Å². The van der Waals surface area contributed by atoms with Crippen molar-refractivity contribution >= 4 is 15.9 Å². The second-order valence-corrected chi connectivity index (χ2v) is 4.70. The monoisotopic (exact) mass is 240 g/mol. The van der Waals surface area contributed by atoms with Gasteiger partial charge in [0.15, 0.2) is 0 Å². The molecule has 0 aromatic heterocycles. The molecule has 1 unspecified atom stereocenters. The first kappa shape index (κ1) is 9.22. The van der Waals surface area contributed by atoms with Gasteiger partial charge in [0.2, 0.25) is 0 Å². The number of aliphatic hydroxyl groups is 1. The predicted molar refractivity (Wildman–Crippen MR) is 56.6 cm³/mol. The van der Waals surface area contributed by atoms with E-state index in [0.29, 0.717) is 5.92 Å². The molecule has 0 saturated heterocycles. The van der Waals surface area contributed by atoms with Crippen molar-refractivity contribution in [3.8, 4) is 0 Å². The number of hydrogen-bond acceptors (Lipinski definition) is 1. The smallest absolute Gasteiger partial charge is 0.0821 e. The molecule has 2 rings (SSSR count). The Labute approximate surface area is 86.9 Å². The van der Waals surface area contributed by atoms with Gasteiger partial charge in [0.25, 0.3) is 0 Å². The van der Waals surface area contributed by atoms with Crippen molar-refractivity contribution in [3.63, 3.8) is 0 Å². The van der Waals surface area contributed by atoms with Gasteiger partial charge in [-0.1, -0.05) is 22.0 Å². The minimum atomic E-state index is -0.252. The van der Waals surface area contributed by atoms with Gasteiger partial charge >= 0.3 is 0 Å². The maximum atomic E-state index is 9.94. The zero-order valence-electron chi connectivity index (χ0n) is 7.63. The fraction of sp³-hybridized carbons (Fsp3) is 0.455. The van der Waals surface area contributed by atoms with Crippen LogP contribution < -0.4 is 0 Å². The summed E-state index contributed by atoms with van der Waals surface area (Å²) in [4.78, 5) is 0. The van der Waals surface area contributed by atoms with Gasteiger partial charge in [-0.3, -0.25) is 0 Å². The summed E-state index contributed by atoms with van der Waals surface area (Å²) in [6.07, 6.45) is 2.10. The normalized spacial score (nSPS) is 18.7. The zero-order chi connectivity index (χ0) is 9.42. The van der Waals surface area contributed by atoms with Gasteiger partial charge in [0.1, 0.15) is 0 Å². The van der Waals surface area contributed by atoms with Crippen LogP contribution in [0.15, 0.2) is 22.7 Å². The van der Waals surface area contributed by atoms with E-state index in [0.717, 1.165) is 10.0 Å². The molecule has 1 aromatic rings. The largest absolute Gasteiger partial charge is 0.388 e. The molecule has 0 aliphatic heterocycles. The Hall–Kier alpha value is -0.340. The van der Waals surface area contributed by atoms with Gasteiger partial charge in [-0.05, 0) is 48.9 Å². The summed E-state index contributed by atoms with van der Waals surface area (Å²) >= 11 is 3.42. The summed E-state index contributed by atoms with van der Waals surface area (Å²) < 4.78 is 1.05. The Morgan fingerprint density at radius 2 is 2.15 bits per heavy atom. The Bertz CT molecular complexity index is 318. The summed E-state index contributed by atoms with van der Waals surface area (Å²) in [5, 5.41) is 9.94. The lowest BCUT2D eigenvalue weighted by atomic mass is 10.0. The van der Waals surface area contributed by atoms with E-state index >= 15 is 0 Å². The highest BCUT2D eigenvalue weighted by molar-refractivity contribution is 9.10. The standard InChI is InChI=1S/C11H13BrO/c1-7-2-5-9(12)6-10(7)11(13)8-3-4-8/h2,5-6,8,11,13H,3-4H2,1H3. The second kappa shape index (κ2) is 3.43. The van der Waals surface area contributed by atoms with E-state index in [1.807, 2.05) is 25.1 Å². The van der Waals surface area contributed by atoms with Crippen LogP contribution in [0, 0.1) is 12.8 Å². The molecule has 0 amide bonds. The van der Waals surface area contributed by atoms with Gasteiger partial charge in [0, 0.05) is 4.47 Å². The molecule has 1 aliphatic carbocycles. The number of aryl methyl sites for hydroxylation is 1. The third-order valence-electron chi connectivity index (χ3n) is 2.63. The number of halogens is 1. The molecule has 1 aromatic carbocycles. The molecule has 13 heavy (non-hydrogen) atoms. The molecule has 0 spiro atoms. The average Bonchev–Trinajstić information content (AvgIpc) is 2.91. The molecule has 0 bridgehead atoms. The van der Waals surface area contributed by atoms with E-state index < -0.39 is 0 Å². The van der Waals surface area contributed by atoms with Gasteiger partial charge in [-0.15, -0.1) is 0 Å². The van der Waals surface area contributed by atoms with Crippen LogP contribution in [-0.4, -0.2) is 5.11 Å². The lowest BCUT2D eigenvalue weighted by Gasteiger charge is -2.12. The van der Waals surface area contributed by atoms with Gasteiger partial charge in [0.05, 0.1) is 6.10 Å². The van der Waals surface area contributed by atoms with Crippen LogP contribution in [0.2, 0.25) is 0 Å². The fourth-order valence-corrected chi connectivity index (χ4v) is 1.97. The second-order valence-electron chi connectivity index (χ2n) is 3.78. The summed E-state index contributed by atoms with van der Waals surface area (Å²) in [6, 6.07) is 6.09. The van der Waals surface area contributed by atoms with E-state index in [9.17, 15) is 5.11 Å². The number of benzene rings is 1. The van der Waals surface area contributed by atoms with Crippen LogP contribution >= 0.6 is 15.9 Å². The van der Waals surface area contributed by atoms with E-state index in [-0.39, 0.29) is 6.10 Å². The van der Waals surface area contributed by atoms with E-state index in [4.69, 9.17) is 0 Å². The summed E-state index contributed by atoms with van der Waals surface area (Å²) in [5.41, 5.74) is 2.26. The van der Waals surface area contributed by atoms with Crippen molar-refractivity contribution < 1.29 is 5.11 Å². The van der Waals surface area contributed by atoms with Crippen molar-refractivity contribution in [2.45, 2.75) is 25.9 Å². The Kier molecular flexibility index (Phi) is 2.43. The SMILES string of the molecule is Cc1ccc(Br)cc1C(O)C1CC1. The molecule has 1 aliphatic rings. The molecular formula is C11H13BrO. The third-order valence-corrected chi connectivity index (χ3v) is 3.12. The summed E-state index contributed by atoms with van der Waals surface area (Å²) in [6.45, 7) is 2.05. The van der Waals surface area contributed by atoms with Crippen molar-refractivity contribution in [2.24, 2.45) is 5.92 Å². The molecule has 0 radical (unpaired) electrons. The highest BCUT2D eigenvalue weighted by Gasteiger charge is 2.31. The highest BCUT2D eigenvalue weighted by Crippen LogP contribution is 2.42. The first-order valence-electron chi connectivity index (χ1n) is 4.62. The van der Waals surface area contributed by atoms with Crippen LogP contribution in [0.1, 0.15) is 30.1 Å². The lowest BCUT2D eigenvalue weighted by Crippen LogP contribution is -2.01. The van der Waals surface area contributed by atoms with Crippen LogP contribution in [0.4, 0.5) is 0 Å². The number of aliphatic hydroxyl groups excluding tert-OH is 1. The maximum Gasteiger partial charge on any atom is 0.0821 e. The third kappa shape index (κ3) is 1.94. The zero-order valence-corrected chi connectivity index (χ0v) is 9.21. The first-order valence-corrected chi connectivity index (χ1v) is 5.42. The van der Waals surface area contributed by atoms with Crippen molar-refractivity contribution in [3.05, 3.63) is 33.8 Å². The van der Waals surface area contributed by atoms with Gasteiger partial charge in [-0.2, -0.15) is 0 Å². The molecule has 0 heterocycles. The van der Waals surface area contributed by atoms with Crippen molar-refractivity contribution in [2.75, 3.05) is 0 Å². The molecule has 1 atom stereocenters. The van der Waals surface area contributed by atoms with E-state index in [1.54, 1.807) is 0 Å². The Morgan fingerprint density at radius 3 is 2.77 bits per heavy atom. The molecule has 1 nitrogen and oxygen atoms in total. The van der Waals surface area contributed by atoms with Crippen molar-refractivity contribution in [1.82, 2.24) is 0 Å². The van der Waals surface area contributed by atoms with E-state index in [1.165, 1.54) is 18.4 Å². The van der Waals surface area contributed by atoms with Crippen LogP contribution in [-0.2, 0) is 0 Å². The molecule has 2 heteroatoms. The van der Waals surface area contributed by atoms with Gasteiger partial charge < -0.3 is 5.11 Å². The molecule has 1 saturated carbocycles. The molecule has 1 fully saturated rings. The summed E-state index contributed by atoms with van der Waals surface area (Å²) in [5.74, 6) is 0.507. The highest BCUT2D eigenvalue weighted by atomic mass is 79.9. The van der Waals surface area contributed by atoms with Crippen molar-refractivity contribution in [1.29, 1.82) is 0 Å². The first-order chi connectivity index (χ1) is 6.18. The lowest BCUT2D eigenvalue weighted by molar-refractivity contribution is 0.153. The summed E-state index contributed by atoms with van der Waals surface area (Å²) in [7, 11) is 0.